The predicted molar refractivity (Wildman–Crippen MR) is 51.9 cm³/mol. The minimum Gasteiger partial charge on any atom is -0.274 e. The van der Waals surface area contributed by atoms with Gasteiger partial charge in [-0.3, -0.25) is 19.1 Å². The third-order valence-electron chi connectivity index (χ3n) is 1.82. The van der Waals surface area contributed by atoms with E-state index in [0.29, 0.717) is 17.7 Å². The molecule has 0 aliphatic carbocycles. The van der Waals surface area contributed by atoms with Crippen molar-refractivity contribution >= 4 is 11.8 Å². The molecule has 5 heteroatoms. The molecule has 1 N–H and O–H groups in total. The van der Waals surface area contributed by atoms with Crippen LogP contribution in [0.25, 0.3) is 0 Å². The quantitative estimate of drug-likeness (QED) is 0.362. The number of nitrogens with one attached hydrogen (secondary N) is 1. The zero-order chi connectivity index (χ0) is 10.8. The zero-order valence-corrected chi connectivity index (χ0v) is 8.78. The van der Waals surface area contributed by atoms with Gasteiger partial charge in [-0.15, -0.1) is 0 Å². The van der Waals surface area contributed by atoms with E-state index in [1.807, 2.05) is 21.1 Å². The van der Waals surface area contributed by atoms with Crippen LogP contribution in [0, 0.1) is 0 Å². The standard InChI is InChI=1S/C9H16N3O2/c1-12(2,3)10-6-7-11-8(13)4-5-9(11)14/h4-5,10H,6-7H2,1-3H3/q+1. The smallest absolute Gasteiger partial charge is 0.253 e. The molecule has 1 aliphatic heterocycles. The maximum absolute atomic E-state index is 11.1. The maximum atomic E-state index is 11.1. The van der Waals surface area contributed by atoms with E-state index in [-0.39, 0.29) is 11.8 Å². The molecule has 0 saturated heterocycles. The van der Waals surface area contributed by atoms with Gasteiger partial charge in [0.05, 0.1) is 27.7 Å². The summed E-state index contributed by atoms with van der Waals surface area (Å²) in [6.45, 7) is 1.02. The van der Waals surface area contributed by atoms with E-state index in [0.717, 1.165) is 0 Å². The second kappa shape index (κ2) is 3.89. The van der Waals surface area contributed by atoms with Crippen molar-refractivity contribution in [3.63, 3.8) is 0 Å². The SMILES string of the molecule is C[N+](C)(C)NCCN1C(=O)C=CC1=O. The van der Waals surface area contributed by atoms with Crippen LogP contribution in [0.1, 0.15) is 0 Å². The molecule has 1 rings (SSSR count). The Kier molecular flexibility index (Phi) is 3.03. The van der Waals surface area contributed by atoms with Gasteiger partial charge in [0.25, 0.3) is 11.8 Å². The molecule has 0 fully saturated rings. The summed E-state index contributed by atoms with van der Waals surface area (Å²) < 4.78 is 0.601. The molecule has 0 aromatic rings. The lowest BCUT2D eigenvalue weighted by Crippen LogP contribution is -2.51. The lowest BCUT2D eigenvalue weighted by Gasteiger charge is -2.25. The van der Waals surface area contributed by atoms with Crippen LogP contribution in [0.3, 0.4) is 0 Å². The molecule has 0 aromatic heterocycles. The van der Waals surface area contributed by atoms with E-state index < -0.39 is 0 Å². The van der Waals surface area contributed by atoms with Crippen molar-refractivity contribution in [2.45, 2.75) is 0 Å². The number of carbonyl (C=O) groups is 2. The summed E-state index contributed by atoms with van der Waals surface area (Å²) in [6.07, 6.45) is 2.60. The van der Waals surface area contributed by atoms with Crippen molar-refractivity contribution in [1.82, 2.24) is 10.3 Å². The predicted octanol–water partition coefficient (Wildman–Crippen LogP) is -0.878. The minimum absolute atomic E-state index is 0.224. The third-order valence-corrected chi connectivity index (χ3v) is 1.82. The van der Waals surface area contributed by atoms with Crippen LogP contribution in [0.15, 0.2) is 12.2 Å². The Balaban J connectivity index is 2.33. The number of imide groups is 1. The average molecular weight is 198 g/mol. The largest absolute Gasteiger partial charge is 0.274 e. The van der Waals surface area contributed by atoms with Crippen LogP contribution in [-0.4, -0.2) is 55.5 Å². The van der Waals surface area contributed by atoms with Crippen molar-refractivity contribution in [2.75, 3.05) is 34.2 Å². The average Bonchev–Trinajstić information content (AvgIpc) is 2.33. The number of carbonyl (C=O) groups excluding carboxylic acids is 2. The van der Waals surface area contributed by atoms with E-state index in [1.54, 1.807) is 0 Å². The minimum atomic E-state index is -0.224. The number of amides is 2. The molecule has 0 aromatic carbocycles. The zero-order valence-electron chi connectivity index (χ0n) is 8.78. The van der Waals surface area contributed by atoms with Crippen LogP contribution in [0.4, 0.5) is 0 Å². The van der Waals surface area contributed by atoms with Gasteiger partial charge in [-0.25, -0.2) is 0 Å². The molecule has 0 unspecified atom stereocenters. The highest BCUT2D eigenvalue weighted by Gasteiger charge is 2.23. The van der Waals surface area contributed by atoms with Crippen molar-refractivity contribution in [3.8, 4) is 0 Å². The summed E-state index contributed by atoms with van der Waals surface area (Å²) >= 11 is 0. The normalized spacial score (nSPS) is 16.9. The Morgan fingerprint density at radius 2 is 1.71 bits per heavy atom. The van der Waals surface area contributed by atoms with Crippen molar-refractivity contribution < 1.29 is 14.2 Å². The number of nitrogens with zero attached hydrogens (tertiary/aromatic N) is 2. The number of hydrogen-bond acceptors (Lipinski definition) is 3. The lowest BCUT2D eigenvalue weighted by molar-refractivity contribution is -0.915. The Morgan fingerprint density at radius 1 is 1.21 bits per heavy atom. The van der Waals surface area contributed by atoms with Gasteiger partial charge >= 0.3 is 0 Å². The molecule has 5 nitrogen and oxygen atoms in total. The first kappa shape index (κ1) is 10.9. The van der Waals surface area contributed by atoms with Crippen molar-refractivity contribution in [1.29, 1.82) is 0 Å². The van der Waals surface area contributed by atoms with Crippen molar-refractivity contribution in [3.05, 3.63) is 12.2 Å². The van der Waals surface area contributed by atoms with Crippen LogP contribution >= 0.6 is 0 Å². The van der Waals surface area contributed by atoms with Gasteiger partial charge in [0.2, 0.25) is 0 Å². The summed E-state index contributed by atoms with van der Waals surface area (Å²) in [6, 6.07) is 0. The molecule has 0 atom stereocenters. The Morgan fingerprint density at radius 3 is 2.14 bits per heavy atom. The van der Waals surface area contributed by atoms with Gasteiger partial charge in [0, 0.05) is 18.7 Å². The molecular formula is C9H16N3O2+. The Bertz CT molecular complexity index is 260. The fourth-order valence-corrected chi connectivity index (χ4v) is 1.15. The molecule has 2 amide bonds. The van der Waals surface area contributed by atoms with Gasteiger partial charge in [0.1, 0.15) is 0 Å². The molecule has 0 radical (unpaired) electrons. The molecule has 78 valence electrons. The van der Waals surface area contributed by atoms with Crippen molar-refractivity contribution in [2.24, 2.45) is 0 Å². The monoisotopic (exact) mass is 198 g/mol. The molecule has 1 aliphatic rings. The molecule has 0 spiro atoms. The van der Waals surface area contributed by atoms with Gasteiger partial charge in [-0.1, -0.05) is 0 Å². The summed E-state index contributed by atoms with van der Waals surface area (Å²) in [5.74, 6) is -0.448. The van der Waals surface area contributed by atoms with Crippen LogP contribution in [0.5, 0.6) is 0 Å². The summed E-state index contributed by atoms with van der Waals surface area (Å²) in [7, 11) is 5.93. The highest BCUT2D eigenvalue weighted by molar-refractivity contribution is 6.12. The first-order chi connectivity index (χ1) is 6.40. The Labute approximate surface area is 83.5 Å². The topological polar surface area (TPSA) is 49.4 Å². The second-order valence-corrected chi connectivity index (χ2v) is 4.08. The van der Waals surface area contributed by atoms with E-state index >= 15 is 0 Å². The fourth-order valence-electron chi connectivity index (χ4n) is 1.15. The fraction of sp³-hybridized carbons (Fsp3) is 0.556. The van der Waals surface area contributed by atoms with Crippen LogP contribution in [-0.2, 0) is 9.59 Å². The van der Waals surface area contributed by atoms with Crippen LogP contribution < -0.4 is 5.43 Å². The summed E-state index contributed by atoms with van der Waals surface area (Å²) in [5.41, 5.74) is 3.15. The molecule has 0 bridgehead atoms. The molecule has 0 saturated carbocycles. The van der Waals surface area contributed by atoms with E-state index in [1.165, 1.54) is 17.1 Å². The Hall–Kier alpha value is -1.20. The summed E-state index contributed by atoms with van der Waals surface area (Å²) in [4.78, 5) is 23.5. The second-order valence-electron chi connectivity index (χ2n) is 4.08. The number of hydrogen-bond donors (Lipinski definition) is 1. The van der Waals surface area contributed by atoms with Gasteiger partial charge in [-0.2, -0.15) is 5.43 Å². The highest BCUT2D eigenvalue weighted by atomic mass is 16.2. The first-order valence-corrected chi connectivity index (χ1v) is 4.50. The lowest BCUT2D eigenvalue weighted by atomic mass is 10.5. The van der Waals surface area contributed by atoms with Gasteiger partial charge < -0.3 is 0 Å². The first-order valence-electron chi connectivity index (χ1n) is 4.50. The third kappa shape index (κ3) is 2.93. The summed E-state index contributed by atoms with van der Waals surface area (Å²) in [5, 5.41) is 0. The molecule has 14 heavy (non-hydrogen) atoms. The molecule has 1 heterocycles. The van der Waals surface area contributed by atoms with E-state index in [4.69, 9.17) is 0 Å². The van der Waals surface area contributed by atoms with Crippen LogP contribution in [0.2, 0.25) is 0 Å². The van der Waals surface area contributed by atoms with E-state index in [2.05, 4.69) is 5.43 Å². The highest BCUT2D eigenvalue weighted by Crippen LogP contribution is 2.01. The number of rotatable bonds is 4. The van der Waals surface area contributed by atoms with E-state index in [9.17, 15) is 9.59 Å². The van der Waals surface area contributed by atoms with Gasteiger partial charge in [0.15, 0.2) is 0 Å². The number of quaternary nitrogens is 1. The maximum Gasteiger partial charge on any atom is 0.253 e. The molecular weight excluding hydrogens is 182 g/mol. The van der Waals surface area contributed by atoms with Gasteiger partial charge in [-0.05, 0) is 0 Å².